The lowest BCUT2D eigenvalue weighted by molar-refractivity contribution is 0.164. The minimum Gasteiger partial charge on any atom is -0.387 e. The molecule has 20 heavy (non-hydrogen) atoms. The van der Waals surface area contributed by atoms with Crippen molar-refractivity contribution in [2.75, 3.05) is 6.54 Å². The van der Waals surface area contributed by atoms with Crippen LogP contribution in [-0.2, 0) is 0 Å². The summed E-state index contributed by atoms with van der Waals surface area (Å²) >= 11 is 0. The monoisotopic (exact) mass is 275 g/mol. The lowest BCUT2D eigenvalue weighted by Crippen LogP contribution is -2.26. The average Bonchev–Trinajstić information content (AvgIpc) is 2.45. The highest BCUT2D eigenvalue weighted by Crippen LogP contribution is 2.44. The van der Waals surface area contributed by atoms with Crippen LogP contribution in [0.3, 0.4) is 0 Å². The second kappa shape index (κ2) is 6.28. The Morgan fingerprint density at radius 1 is 1.15 bits per heavy atom. The first kappa shape index (κ1) is 15.5. The van der Waals surface area contributed by atoms with Gasteiger partial charge in [0.2, 0.25) is 0 Å². The SMILES string of the molecule is CC(C)(C)C1CCC(c2ccccc2C(O)CN)CC1. The van der Waals surface area contributed by atoms with Crippen LogP contribution in [0.2, 0.25) is 0 Å². The average molecular weight is 275 g/mol. The molecule has 0 aromatic heterocycles. The first-order valence-electron chi connectivity index (χ1n) is 7.90. The zero-order valence-corrected chi connectivity index (χ0v) is 13.1. The van der Waals surface area contributed by atoms with Gasteiger partial charge in [-0.3, -0.25) is 0 Å². The van der Waals surface area contributed by atoms with Gasteiger partial charge in [0.1, 0.15) is 0 Å². The number of hydrogen-bond donors (Lipinski definition) is 2. The van der Waals surface area contributed by atoms with E-state index in [1.54, 1.807) is 0 Å². The Bertz CT molecular complexity index is 427. The minimum atomic E-state index is -0.522. The van der Waals surface area contributed by atoms with Gasteiger partial charge >= 0.3 is 0 Å². The number of aliphatic hydroxyl groups is 1. The van der Waals surface area contributed by atoms with Crippen molar-refractivity contribution in [3.63, 3.8) is 0 Å². The van der Waals surface area contributed by atoms with Gasteiger partial charge in [-0.05, 0) is 54.1 Å². The first-order chi connectivity index (χ1) is 9.43. The molecule has 1 fully saturated rings. The van der Waals surface area contributed by atoms with Gasteiger partial charge in [-0.25, -0.2) is 0 Å². The Balaban J connectivity index is 2.11. The molecular formula is C18H29NO. The van der Waals surface area contributed by atoms with Gasteiger partial charge in [-0.2, -0.15) is 0 Å². The van der Waals surface area contributed by atoms with Crippen molar-refractivity contribution in [1.82, 2.24) is 0 Å². The molecule has 0 radical (unpaired) electrons. The van der Waals surface area contributed by atoms with Crippen LogP contribution < -0.4 is 5.73 Å². The van der Waals surface area contributed by atoms with Crippen molar-refractivity contribution in [3.8, 4) is 0 Å². The fraction of sp³-hybridized carbons (Fsp3) is 0.667. The Labute approximate surface area is 123 Å². The summed E-state index contributed by atoms with van der Waals surface area (Å²) in [5.74, 6) is 1.41. The van der Waals surface area contributed by atoms with Crippen LogP contribution in [0.15, 0.2) is 24.3 Å². The summed E-state index contributed by atoms with van der Waals surface area (Å²) in [5, 5.41) is 10.1. The number of nitrogens with two attached hydrogens (primary N) is 1. The molecule has 0 bridgehead atoms. The maximum absolute atomic E-state index is 10.1. The summed E-state index contributed by atoms with van der Waals surface area (Å²) in [5.41, 5.74) is 8.40. The quantitative estimate of drug-likeness (QED) is 0.876. The predicted octanol–water partition coefficient (Wildman–Crippen LogP) is 4.00. The molecule has 1 saturated carbocycles. The van der Waals surface area contributed by atoms with Gasteiger partial charge in [-0.15, -0.1) is 0 Å². The molecule has 1 atom stereocenters. The standard InChI is InChI=1S/C18H29NO/c1-18(2,3)14-10-8-13(9-11-14)15-6-4-5-7-16(15)17(20)12-19/h4-7,13-14,17,20H,8-12,19H2,1-3H3. The molecule has 2 rings (SSSR count). The van der Waals surface area contributed by atoms with Crippen molar-refractivity contribution in [1.29, 1.82) is 0 Å². The third-order valence-electron chi connectivity index (χ3n) is 4.97. The number of benzene rings is 1. The molecule has 0 aliphatic heterocycles. The van der Waals surface area contributed by atoms with Gasteiger partial charge in [0.15, 0.2) is 0 Å². The van der Waals surface area contributed by atoms with Gasteiger partial charge in [0, 0.05) is 6.54 Å². The van der Waals surface area contributed by atoms with E-state index in [4.69, 9.17) is 5.73 Å². The molecule has 0 saturated heterocycles. The van der Waals surface area contributed by atoms with Crippen LogP contribution >= 0.6 is 0 Å². The Morgan fingerprint density at radius 3 is 2.30 bits per heavy atom. The molecule has 1 aliphatic carbocycles. The van der Waals surface area contributed by atoms with Crippen LogP contribution in [0.5, 0.6) is 0 Å². The molecule has 0 spiro atoms. The summed E-state index contributed by atoms with van der Waals surface area (Å²) in [6.07, 6.45) is 4.53. The lowest BCUT2D eigenvalue weighted by atomic mass is 9.68. The summed E-state index contributed by atoms with van der Waals surface area (Å²) < 4.78 is 0. The fourth-order valence-electron chi connectivity index (χ4n) is 3.58. The van der Waals surface area contributed by atoms with Crippen LogP contribution in [0, 0.1) is 11.3 Å². The molecule has 1 aliphatic rings. The van der Waals surface area contributed by atoms with Crippen molar-refractivity contribution < 1.29 is 5.11 Å². The minimum absolute atomic E-state index is 0.300. The van der Waals surface area contributed by atoms with E-state index in [0.29, 0.717) is 17.9 Å². The van der Waals surface area contributed by atoms with Gasteiger partial charge < -0.3 is 10.8 Å². The van der Waals surface area contributed by atoms with E-state index in [-0.39, 0.29) is 0 Å². The Morgan fingerprint density at radius 2 is 1.75 bits per heavy atom. The summed E-state index contributed by atoms with van der Waals surface area (Å²) in [7, 11) is 0. The van der Waals surface area contributed by atoms with Crippen LogP contribution in [0.4, 0.5) is 0 Å². The number of rotatable bonds is 3. The smallest absolute Gasteiger partial charge is 0.0914 e. The Hall–Kier alpha value is -0.860. The van der Waals surface area contributed by atoms with Crippen molar-refractivity contribution in [2.45, 2.75) is 58.5 Å². The van der Waals surface area contributed by atoms with Crippen LogP contribution in [0.1, 0.15) is 69.6 Å². The highest BCUT2D eigenvalue weighted by atomic mass is 16.3. The molecule has 0 heterocycles. The molecule has 1 aromatic carbocycles. The van der Waals surface area contributed by atoms with E-state index in [1.807, 2.05) is 12.1 Å². The highest BCUT2D eigenvalue weighted by Gasteiger charge is 2.31. The molecule has 2 heteroatoms. The molecule has 1 unspecified atom stereocenters. The van der Waals surface area contributed by atoms with Crippen LogP contribution in [-0.4, -0.2) is 11.7 Å². The molecule has 3 N–H and O–H groups in total. The van der Waals surface area contributed by atoms with E-state index >= 15 is 0 Å². The maximum atomic E-state index is 10.1. The molecular weight excluding hydrogens is 246 g/mol. The maximum Gasteiger partial charge on any atom is 0.0914 e. The summed E-state index contributed by atoms with van der Waals surface area (Å²) in [6, 6.07) is 8.29. The van der Waals surface area contributed by atoms with Crippen molar-refractivity contribution in [3.05, 3.63) is 35.4 Å². The van der Waals surface area contributed by atoms with E-state index < -0.39 is 6.10 Å². The summed E-state index contributed by atoms with van der Waals surface area (Å²) in [6.45, 7) is 7.35. The molecule has 1 aromatic rings. The molecule has 112 valence electrons. The lowest BCUT2D eigenvalue weighted by Gasteiger charge is -2.37. The molecule has 2 nitrogen and oxygen atoms in total. The largest absolute Gasteiger partial charge is 0.387 e. The zero-order chi connectivity index (χ0) is 14.8. The third-order valence-corrected chi connectivity index (χ3v) is 4.97. The highest BCUT2D eigenvalue weighted by molar-refractivity contribution is 5.32. The number of hydrogen-bond acceptors (Lipinski definition) is 2. The topological polar surface area (TPSA) is 46.2 Å². The van der Waals surface area contributed by atoms with Gasteiger partial charge in [-0.1, -0.05) is 45.0 Å². The van der Waals surface area contributed by atoms with Gasteiger partial charge in [0.05, 0.1) is 6.10 Å². The van der Waals surface area contributed by atoms with Crippen molar-refractivity contribution >= 4 is 0 Å². The second-order valence-corrected chi connectivity index (χ2v) is 7.29. The van der Waals surface area contributed by atoms with E-state index in [9.17, 15) is 5.11 Å². The second-order valence-electron chi connectivity index (χ2n) is 7.29. The van der Waals surface area contributed by atoms with Gasteiger partial charge in [0.25, 0.3) is 0 Å². The zero-order valence-electron chi connectivity index (χ0n) is 13.1. The summed E-state index contributed by atoms with van der Waals surface area (Å²) in [4.78, 5) is 0. The molecule has 0 amide bonds. The normalized spacial score (nSPS) is 25.4. The van der Waals surface area contributed by atoms with E-state index in [1.165, 1.54) is 31.2 Å². The number of aliphatic hydroxyl groups excluding tert-OH is 1. The Kier molecular flexibility index (Phi) is 4.87. The third kappa shape index (κ3) is 3.42. The van der Waals surface area contributed by atoms with E-state index in [2.05, 4.69) is 32.9 Å². The van der Waals surface area contributed by atoms with Crippen LogP contribution in [0.25, 0.3) is 0 Å². The van der Waals surface area contributed by atoms with E-state index in [0.717, 1.165) is 11.5 Å². The first-order valence-corrected chi connectivity index (χ1v) is 7.90. The van der Waals surface area contributed by atoms with Crippen molar-refractivity contribution in [2.24, 2.45) is 17.1 Å². The fourth-order valence-corrected chi connectivity index (χ4v) is 3.58. The predicted molar refractivity (Wildman–Crippen MR) is 84.6 cm³/mol.